The zero-order chi connectivity index (χ0) is 19.4. The van der Waals surface area contributed by atoms with Crippen molar-refractivity contribution in [2.75, 3.05) is 6.61 Å². The first-order valence-electron chi connectivity index (χ1n) is 8.29. The first kappa shape index (κ1) is 18.7. The van der Waals surface area contributed by atoms with E-state index in [0.717, 1.165) is 22.4 Å². The van der Waals surface area contributed by atoms with Crippen molar-refractivity contribution in [2.45, 2.75) is 13.8 Å². The van der Waals surface area contributed by atoms with E-state index in [0.29, 0.717) is 15.8 Å². The fraction of sp³-hybridized carbons (Fsp3) is 0.150. The molecular weight excluding hydrogens is 362 g/mol. The lowest BCUT2D eigenvalue weighted by Crippen LogP contribution is -2.20. The van der Waals surface area contributed by atoms with Crippen LogP contribution in [0.15, 0.2) is 52.4 Å². The summed E-state index contributed by atoms with van der Waals surface area (Å²) in [6, 6.07) is 12.9. The third kappa shape index (κ3) is 4.77. The summed E-state index contributed by atoms with van der Waals surface area (Å²) in [6.07, 6.45) is 1.78. The number of aryl methyl sites for hydroxylation is 1. The maximum absolute atomic E-state index is 12.2. The molecule has 3 rings (SSSR count). The van der Waals surface area contributed by atoms with Crippen molar-refractivity contribution in [2.24, 2.45) is 10.7 Å². The van der Waals surface area contributed by atoms with Crippen LogP contribution in [0.1, 0.15) is 16.7 Å². The van der Waals surface area contributed by atoms with Crippen LogP contribution in [-0.2, 0) is 9.59 Å². The molecule has 0 atom stereocenters. The number of amidine groups is 1. The fourth-order valence-electron chi connectivity index (χ4n) is 2.41. The Morgan fingerprint density at radius 1 is 1.22 bits per heavy atom. The molecule has 0 radical (unpaired) electrons. The lowest BCUT2D eigenvalue weighted by atomic mass is 10.1. The molecule has 2 aromatic carbocycles. The number of benzene rings is 2. The fourth-order valence-corrected chi connectivity index (χ4v) is 3.25. The Labute approximate surface area is 161 Å². The van der Waals surface area contributed by atoms with Crippen LogP contribution in [0.5, 0.6) is 5.75 Å². The Balaban J connectivity index is 1.74. The van der Waals surface area contributed by atoms with Crippen LogP contribution >= 0.6 is 11.8 Å². The summed E-state index contributed by atoms with van der Waals surface area (Å²) in [5, 5.41) is 3.35. The third-order valence-electron chi connectivity index (χ3n) is 4.01. The van der Waals surface area contributed by atoms with Gasteiger partial charge < -0.3 is 15.8 Å². The van der Waals surface area contributed by atoms with E-state index in [1.54, 1.807) is 30.3 Å². The number of thioether (sulfide) groups is 1. The summed E-state index contributed by atoms with van der Waals surface area (Å²) in [5.74, 6) is -0.175. The number of ether oxygens (including phenoxy) is 1. The van der Waals surface area contributed by atoms with E-state index in [4.69, 9.17) is 10.5 Å². The minimum atomic E-state index is -0.532. The molecule has 138 valence electrons. The summed E-state index contributed by atoms with van der Waals surface area (Å²) in [6.45, 7) is 3.87. The second-order valence-electron chi connectivity index (χ2n) is 6.02. The van der Waals surface area contributed by atoms with E-state index in [2.05, 4.69) is 10.3 Å². The van der Waals surface area contributed by atoms with Crippen molar-refractivity contribution in [3.63, 3.8) is 0 Å². The summed E-state index contributed by atoms with van der Waals surface area (Å²) in [4.78, 5) is 28.1. The molecule has 1 aliphatic heterocycles. The number of aliphatic imine (C=N–C) groups is 1. The molecule has 2 amide bonds. The van der Waals surface area contributed by atoms with Crippen molar-refractivity contribution in [1.82, 2.24) is 5.32 Å². The van der Waals surface area contributed by atoms with Gasteiger partial charge in [0.2, 0.25) is 0 Å². The van der Waals surface area contributed by atoms with Crippen molar-refractivity contribution in [3.05, 3.63) is 64.1 Å². The molecule has 0 aliphatic carbocycles. The van der Waals surface area contributed by atoms with Gasteiger partial charge >= 0.3 is 0 Å². The Bertz CT molecular complexity index is 949. The van der Waals surface area contributed by atoms with E-state index in [1.807, 2.05) is 32.0 Å². The average Bonchev–Trinajstić information content (AvgIpc) is 2.97. The number of carbonyl (C=O) groups excluding carboxylic acids is 2. The molecule has 1 aliphatic rings. The van der Waals surface area contributed by atoms with Gasteiger partial charge in [-0.2, -0.15) is 0 Å². The molecule has 0 aromatic heterocycles. The van der Waals surface area contributed by atoms with Gasteiger partial charge in [-0.1, -0.05) is 24.3 Å². The minimum Gasteiger partial charge on any atom is -0.484 e. The van der Waals surface area contributed by atoms with Crippen molar-refractivity contribution in [3.8, 4) is 5.75 Å². The van der Waals surface area contributed by atoms with Crippen LogP contribution in [-0.4, -0.2) is 23.6 Å². The van der Waals surface area contributed by atoms with E-state index >= 15 is 0 Å². The second-order valence-corrected chi connectivity index (χ2v) is 7.06. The van der Waals surface area contributed by atoms with Gasteiger partial charge in [-0.3, -0.25) is 9.59 Å². The minimum absolute atomic E-state index is 0.170. The highest BCUT2D eigenvalue weighted by Gasteiger charge is 2.24. The quantitative estimate of drug-likeness (QED) is 0.779. The van der Waals surface area contributed by atoms with Crippen LogP contribution in [0, 0.1) is 13.8 Å². The Hall–Kier alpha value is -3.06. The lowest BCUT2D eigenvalue weighted by Gasteiger charge is -2.04. The zero-order valence-corrected chi connectivity index (χ0v) is 15.8. The van der Waals surface area contributed by atoms with Crippen LogP contribution in [0.2, 0.25) is 0 Å². The van der Waals surface area contributed by atoms with Crippen LogP contribution in [0.4, 0.5) is 5.69 Å². The van der Waals surface area contributed by atoms with E-state index in [-0.39, 0.29) is 12.5 Å². The molecule has 7 heteroatoms. The average molecular weight is 381 g/mol. The first-order chi connectivity index (χ1) is 12.9. The Morgan fingerprint density at radius 3 is 2.67 bits per heavy atom. The monoisotopic (exact) mass is 381 g/mol. The second kappa shape index (κ2) is 8.09. The maximum atomic E-state index is 12.2. The van der Waals surface area contributed by atoms with Gasteiger partial charge in [-0.05, 0) is 66.6 Å². The molecule has 0 unspecified atom stereocenters. The van der Waals surface area contributed by atoms with Gasteiger partial charge in [0.05, 0.1) is 10.6 Å². The van der Waals surface area contributed by atoms with Gasteiger partial charge in [0.15, 0.2) is 11.8 Å². The van der Waals surface area contributed by atoms with Crippen molar-refractivity contribution in [1.29, 1.82) is 0 Å². The molecule has 0 saturated carbocycles. The molecule has 6 nitrogen and oxygen atoms in total. The molecule has 3 N–H and O–H groups in total. The molecule has 2 aromatic rings. The highest BCUT2D eigenvalue weighted by molar-refractivity contribution is 8.18. The largest absolute Gasteiger partial charge is 0.484 e. The molecule has 1 heterocycles. The van der Waals surface area contributed by atoms with Crippen molar-refractivity contribution >= 4 is 40.5 Å². The summed E-state index contributed by atoms with van der Waals surface area (Å²) in [7, 11) is 0. The van der Waals surface area contributed by atoms with Gasteiger partial charge in [-0.15, -0.1) is 0 Å². The van der Waals surface area contributed by atoms with Gasteiger partial charge in [0.1, 0.15) is 5.75 Å². The standard InChI is InChI=1S/C20H19N3O3S/c1-12-4-3-5-16(13(12)2)22-20-23-19(25)17(27-20)10-14-6-8-15(9-7-14)26-11-18(21)24/h3-10H,11H2,1-2H3,(H2,21,24)(H,22,23,25)/b17-10-. The molecule has 1 saturated heterocycles. The Morgan fingerprint density at radius 2 is 1.96 bits per heavy atom. The normalized spacial score (nSPS) is 16.6. The number of amides is 2. The van der Waals surface area contributed by atoms with E-state index in [9.17, 15) is 9.59 Å². The smallest absolute Gasteiger partial charge is 0.264 e. The zero-order valence-electron chi connectivity index (χ0n) is 15.0. The predicted octanol–water partition coefficient (Wildman–Crippen LogP) is 3.06. The highest BCUT2D eigenvalue weighted by Crippen LogP contribution is 2.30. The summed E-state index contributed by atoms with van der Waals surface area (Å²) >= 11 is 1.30. The number of primary amides is 1. The summed E-state index contributed by atoms with van der Waals surface area (Å²) < 4.78 is 5.22. The number of hydrogen-bond donors (Lipinski definition) is 2. The lowest BCUT2D eigenvalue weighted by molar-refractivity contribution is -0.120. The maximum Gasteiger partial charge on any atom is 0.264 e. The van der Waals surface area contributed by atoms with Gasteiger partial charge in [-0.25, -0.2) is 4.99 Å². The van der Waals surface area contributed by atoms with Crippen LogP contribution < -0.4 is 15.8 Å². The number of nitrogens with zero attached hydrogens (tertiary/aromatic N) is 1. The SMILES string of the molecule is Cc1cccc(N=C2NC(=O)/C(=C/c3ccc(OCC(N)=O)cc3)S2)c1C. The molecule has 0 spiro atoms. The van der Waals surface area contributed by atoms with Gasteiger partial charge in [0, 0.05) is 0 Å². The van der Waals surface area contributed by atoms with Crippen LogP contribution in [0.25, 0.3) is 6.08 Å². The number of nitrogens with two attached hydrogens (primary N) is 1. The summed E-state index contributed by atoms with van der Waals surface area (Å²) in [5.41, 5.74) is 8.97. The van der Waals surface area contributed by atoms with E-state index < -0.39 is 5.91 Å². The number of nitrogens with one attached hydrogen (secondary N) is 1. The molecular formula is C20H19N3O3S. The van der Waals surface area contributed by atoms with Gasteiger partial charge in [0.25, 0.3) is 11.8 Å². The predicted molar refractivity (Wildman–Crippen MR) is 108 cm³/mol. The molecule has 27 heavy (non-hydrogen) atoms. The van der Waals surface area contributed by atoms with E-state index in [1.165, 1.54) is 11.8 Å². The number of hydrogen-bond acceptors (Lipinski definition) is 5. The molecule has 1 fully saturated rings. The Kier molecular flexibility index (Phi) is 5.61. The third-order valence-corrected chi connectivity index (χ3v) is 4.92. The topological polar surface area (TPSA) is 93.8 Å². The number of carbonyl (C=O) groups is 2. The first-order valence-corrected chi connectivity index (χ1v) is 9.11. The number of rotatable bonds is 5. The molecule has 0 bridgehead atoms. The highest BCUT2D eigenvalue weighted by atomic mass is 32.2. The van der Waals surface area contributed by atoms with Crippen molar-refractivity contribution < 1.29 is 14.3 Å². The van der Waals surface area contributed by atoms with Crippen LogP contribution in [0.3, 0.4) is 0 Å².